The maximum Gasteiger partial charge on any atom is 0.408 e. The van der Waals surface area contributed by atoms with E-state index in [-0.39, 0.29) is 58.3 Å². The van der Waals surface area contributed by atoms with E-state index in [1.807, 2.05) is 24.3 Å². The van der Waals surface area contributed by atoms with Gasteiger partial charge in [0.15, 0.2) is 5.72 Å². The molecule has 4 N–H and O–H groups in total. The fourth-order valence-corrected chi connectivity index (χ4v) is 8.30. The summed E-state index contributed by atoms with van der Waals surface area (Å²) < 4.78 is 35.6. The van der Waals surface area contributed by atoms with Crippen LogP contribution in [-0.2, 0) is 41.1 Å². The average molecular weight is 738 g/mol. The smallest absolute Gasteiger partial charge is 0.408 e. The lowest BCUT2D eigenvalue weighted by Gasteiger charge is -2.38. The Morgan fingerprint density at radius 1 is 1.08 bits per heavy atom. The number of amides is 3. The monoisotopic (exact) mass is 737 g/mol. The number of hydrogen-bond donors (Lipinski definition) is 4. The van der Waals surface area contributed by atoms with Crippen molar-refractivity contribution in [2.75, 3.05) is 26.4 Å². The second kappa shape index (κ2) is 18.9. The first kappa shape index (κ1) is 39.6. The quantitative estimate of drug-likeness (QED) is 0.127. The molecule has 276 valence electrons. The maximum atomic E-state index is 14.0. The summed E-state index contributed by atoms with van der Waals surface area (Å²) in [5, 5.41) is 29.0. The van der Waals surface area contributed by atoms with Crippen LogP contribution in [0.2, 0.25) is 5.02 Å². The van der Waals surface area contributed by atoms with E-state index >= 15 is 0 Å². The van der Waals surface area contributed by atoms with Crippen LogP contribution in [-0.4, -0.2) is 77.0 Å². The molecule has 0 aromatic heterocycles. The van der Waals surface area contributed by atoms with Crippen LogP contribution < -0.4 is 15.4 Å². The van der Waals surface area contributed by atoms with Gasteiger partial charge in [0.2, 0.25) is 17.7 Å². The minimum atomic E-state index is -4.45. The number of nitrogens with zero attached hydrogens (tertiary/aromatic N) is 1. The van der Waals surface area contributed by atoms with Crippen molar-refractivity contribution in [3.8, 4) is 5.75 Å². The zero-order valence-corrected chi connectivity index (χ0v) is 30.3. The van der Waals surface area contributed by atoms with Crippen molar-refractivity contribution in [2.45, 2.75) is 96.0 Å². The molecule has 4 rings (SSSR count). The van der Waals surface area contributed by atoms with Gasteiger partial charge in [-0.05, 0) is 49.9 Å². The van der Waals surface area contributed by atoms with Gasteiger partial charge in [-0.3, -0.25) is 14.2 Å². The van der Waals surface area contributed by atoms with Gasteiger partial charge in [0.05, 0.1) is 19.8 Å². The predicted molar refractivity (Wildman–Crippen MR) is 186 cm³/mol. The number of nitrogens with one attached hydrogen (secondary N) is 2. The molecule has 2 unspecified atom stereocenters. The number of hydrogen-bond acceptors (Lipinski definition) is 10. The van der Waals surface area contributed by atoms with E-state index in [9.17, 15) is 29.2 Å². The second-order valence-electron chi connectivity index (χ2n) is 12.6. The third kappa shape index (κ3) is 11.2. The minimum Gasteiger partial charge on any atom is -0.491 e. The van der Waals surface area contributed by atoms with Crippen LogP contribution in [0.1, 0.15) is 76.3 Å². The average Bonchev–Trinajstić information content (AvgIpc) is 3.33. The van der Waals surface area contributed by atoms with Gasteiger partial charge < -0.3 is 44.3 Å². The van der Waals surface area contributed by atoms with Crippen LogP contribution in [0.3, 0.4) is 0 Å². The lowest BCUT2D eigenvalue weighted by Crippen LogP contribution is -2.61. The van der Waals surface area contributed by atoms with Crippen molar-refractivity contribution in [2.24, 2.45) is 5.92 Å². The zero-order chi connectivity index (χ0) is 36.1. The summed E-state index contributed by atoms with van der Waals surface area (Å²) in [5.41, 5.74) is -1.22. The summed E-state index contributed by atoms with van der Waals surface area (Å²) >= 11 is 6.05. The van der Waals surface area contributed by atoms with Gasteiger partial charge in [0.1, 0.15) is 25.0 Å². The number of rotatable bonds is 16. The number of carbonyl (C=O) groups is 3. The van der Waals surface area contributed by atoms with Crippen LogP contribution in [0, 0.1) is 5.92 Å². The molecule has 13 nitrogen and oxygen atoms in total. The van der Waals surface area contributed by atoms with Gasteiger partial charge in [-0.25, -0.2) is 4.79 Å². The third-order valence-corrected chi connectivity index (χ3v) is 11.4. The highest BCUT2D eigenvalue weighted by Crippen LogP contribution is 2.55. The van der Waals surface area contributed by atoms with Crippen molar-refractivity contribution in [1.29, 1.82) is 0 Å². The number of alkyl carbamates (subject to hydrolysis) is 1. The highest BCUT2D eigenvalue weighted by atomic mass is 35.5. The Bertz CT molecular complexity index is 1480. The third-order valence-electron chi connectivity index (χ3n) is 8.87. The van der Waals surface area contributed by atoms with Gasteiger partial charge in [0.25, 0.3) is 0 Å². The summed E-state index contributed by atoms with van der Waals surface area (Å²) in [6.07, 6.45) is 3.16. The van der Waals surface area contributed by atoms with Crippen molar-refractivity contribution in [3.05, 3.63) is 64.7 Å². The molecule has 1 aliphatic carbocycles. The Labute approximate surface area is 298 Å². The number of aliphatic hydroxyl groups is 2. The lowest BCUT2D eigenvalue weighted by atomic mass is 9.84. The topological polar surface area (TPSA) is 173 Å². The summed E-state index contributed by atoms with van der Waals surface area (Å²) in [4.78, 5) is 42.1. The first-order chi connectivity index (χ1) is 24.0. The van der Waals surface area contributed by atoms with Gasteiger partial charge in [-0.1, -0.05) is 74.0 Å². The van der Waals surface area contributed by atoms with E-state index < -0.39 is 49.5 Å². The Morgan fingerprint density at radius 2 is 1.80 bits per heavy atom. The number of para-hydroxylation sites is 1. The van der Waals surface area contributed by atoms with Crippen molar-refractivity contribution in [3.63, 3.8) is 0 Å². The molecule has 50 heavy (non-hydrogen) atoms. The molecule has 0 radical (unpaired) electrons. The summed E-state index contributed by atoms with van der Waals surface area (Å²) in [7, 11) is -4.45. The Kier molecular flexibility index (Phi) is 14.9. The number of halogens is 1. The molecule has 2 aromatic rings. The molecule has 0 bridgehead atoms. The molecule has 2 aromatic carbocycles. The highest BCUT2D eigenvalue weighted by Gasteiger charge is 2.51. The molecule has 1 aliphatic heterocycles. The molecule has 15 heteroatoms. The van der Waals surface area contributed by atoms with Gasteiger partial charge in [0, 0.05) is 30.0 Å². The molecule has 2 aliphatic rings. The van der Waals surface area contributed by atoms with E-state index in [2.05, 4.69) is 10.6 Å². The Hall–Kier alpha value is -3.19. The Morgan fingerprint density at radius 3 is 2.50 bits per heavy atom. The Balaban J connectivity index is 1.54. The lowest BCUT2D eigenvalue weighted by molar-refractivity contribution is -0.144. The molecule has 0 spiro atoms. The summed E-state index contributed by atoms with van der Waals surface area (Å²) in [6, 6.07) is 12.9. The number of ether oxygens (including phenoxy) is 2. The number of aliphatic hydroxyl groups excluding tert-OH is 1. The predicted octanol–water partition coefficient (Wildman–Crippen LogP) is 5.50. The van der Waals surface area contributed by atoms with Crippen molar-refractivity contribution in [1.82, 2.24) is 15.5 Å². The summed E-state index contributed by atoms with van der Waals surface area (Å²) in [6.45, 7) is 3.48. The number of carbonyl (C=O) groups excluding carboxylic acids is 3. The zero-order valence-electron chi connectivity index (χ0n) is 28.7. The fraction of sp³-hybridized carbons (Fsp3) is 0.571. The molecule has 1 saturated carbocycles. The number of fused-ring (bicyclic) bond motifs is 1. The van der Waals surface area contributed by atoms with Crippen LogP contribution in [0.15, 0.2) is 48.5 Å². The van der Waals surface area contributed by atoms with E-state index in [0.717, 1.165) is 37.7 Å². The van der Waals surface area contributed by atoms with Crippen LogP contribution >= 0.6 is 19.2 Å². The largest absolute Gasteiger partial charge is 0.491 e. The van der Waals surface area contributed by atoms with Gasteiger partial charge >= 0.3 is 13.7 Å². The molecule has 3 atom stereocenters. The first-order valence-corrected chi connectivity index (χ1v) is 19.2. The van der Waals surface area contributed by atoms with E-state index in [4.69, 9.17) is 30.1 Å². The standard InChI is InChI=1S/C35H49ClN3O10P/c1-3-48-50(45,49-4-2)33(42)35(44,18-17-31(40)39-19-20-46-30-16-9-8-14-27(30)23-39)38-32(41)29(22-25-11-6-5-7-12-25)37-34(43)47-24-26-13-10-15-28(36)21-26/h8-10,13-16,21,25,29,33,42,44H,3-7,11-12,17-20,22-24H2,1-2H3,(H,37,43)(H,38,41)/t29-,33?,35?/m0/s1. The minimum absolute atomic E-state index is 0.0957. The van der Waals surface area contributed by atoms with Crippen molar-refractivity contribution < 1.29 is 47.7 Å². The van der Waals surface area contributed by atoms with E-state index in [1.54, 1.807) is 29.2 Å². The molecule has 3 amide bonds. The SMILES string of the molecule is CCOP(=O)(OCC)C(O)C(O)(CCC(=O)N1CCOc2ccccc2C1)NC(=O)[C@H](CC1CCCCC1)NC(=O)OCc1cccc(Cl)c1. The van der Waals surface area contributed by atoms with Crippen LogP contribution in [0.25, 0.3) is 0 Å². The summed E-state index contributed by atoms with van der Waals surface area (Å²) in [5.74, 6) is -2.77. The molecular weight excluding hydrogens is 689 g/mol. The van der Waals surface area contributed by atoms with Crippen LogP contribution in [0.4, 0.5) is 4.79 Å². The molecule has 0 saturated heterocycles. The van der Waals surface area contributed by atoms with E-state index in [1.165, 1.54) is 13.8 Å². The highest BCUT2D eigenvalue weighted by molar-refractivity contribution is 7.54. The molecule has 1 heterocycles. The fourth-order valence-electron chi connectivity index (χ4n) is 6.30. The first-order valence-electron chi connectivity index (χ1n) is 17.2. The normalized spacial score (nSPS) is 17.7. The molecular formula is C35H49ClN3O10P. The maximum absolute atomic E-state index is 14.0. The molecule has 1 fully saturated rings. The van der Waals surface area contributed by atoms with Crippen molar-refractivity contribution >= 4 is 37.1 Å². The number of benzene rings is 2. The van der Waals surface area contributed by atoms with Gasteiger partial charge in [-0.15, -0.1) is 0 Å². The van der Waals surface area contributed by atoms with Gasteiger partial charge in [-0.2, -0.15) is 0 Å². The second-order valence-corrected chi connectivity index (χ2v) is 15.1. The van der Waals surface area contributed by atoms with E-state index in [0.29, 0.717) is 16.3 Å². The van der Waals surface area contributed by atoms with Crippen LogP contribution in [0.5, 0.6) is 5.75 Å².